The van der Waals surface area contributed by atoms with Gasteiger partial charge < -0.3 is 15.4 Å². The van der Waals surface area contributed by atoms with E-state index in [2.05, 4.69) is 36.6 Å². The number of rotatable bonds is 5. The van der Waals surface area contributed by atoms with Gasteiger partial charge >= 0.3 is 6.03 Å². The number of nitrogens with one attached hydrogen (secondary N) is 2. The zero-order chi connectivity index (χ0) is 15.2. The molecular formula is C17H26N2O2. The lowest BCUT2D eigenvalue weighted by molar-refractivity contribution is 0.237. The van der Waals surface area contributed by atoms with Crippen LogP contribution in [0.5, 0.6) is 5.75 Å². The molecule has 0 saturated heterocycles. The van der Waals surface area contributed by atoms with Crippen LogP contribution >= 0.6 is 0 Å². The third kappa shape index (κ3) is 4.38. The van der Waals surface area contributed by atoms with E-state index in [1.54, 1.807) is 7.11 Å². The fourth-order valence-corrected chi connectivity index (χ4v) is 3.14. The minimum absolute atomic E-state index is 0.0507. The minimum atomic E-state index is -0.0507. The summed E-state index contributed by atoms with van der Waals surface area (Å²) in [4.78, 5) is 11.8. The molecule has 2 N–H and O–H groups in total. The predicted octanol–water partition coefficient (Wildman–Crippen LogP) is 3.10. The quantitative estimate of drug-likeness (QED) is 0.875. The van der Waals surface area contributed by atoms with Gasteiger partial charge in [0.2, 0.25) is 0 Å². The van der Waals surface area contributed by atoms with Gasteiger partial charge in [-0.3, -0.25) is 0 Å². The van der Waals surface area contributed by atoms with Crippen LogP contribution in [0.15, 0.2) is 12.1 Å². The number of carbonyl (C=O) groups excluding carboxylic acids is 1. The Morgan fingerprint density at radius 1 is 1.29 bits per heavy atom. The van der Waals surface area contributed by atoms with Gasteiger partial charge in [-0.25, -0.2) is 4.79 Å². The maximum Gasteiger partial charge on any atom is 0.315 e. The van der Waals surface area contributed by atoms with E-state index in [-0.39, 0.29) is 6.03 Å². The van der Waals surface area contributed by atoms with E-state index in [0.29, 0.717) is 12.6 Å². The highest BCUT2D eigenvalue weighted by Gasteiger charge is 2.16. The number of aryl methyl sites for hydroxylation is 2. The lowest BCUT2D eigenvalue weighted by Gasteiger charge is -2.15. The zero-order valence-electron chi connectivity index (χ0n) is 13.3. The molecule has 4 nitrogen and oxygen atoms in total. The Morgan fingerprint density at radius 3 is 2.67 bits per heavy atom. The molecule has 2 amide bonds. The van der Waals surface area contributed by atoms with Crippen LogP contribution in [-0.4, -0.2) is 25.7 Å². The summed E-state index contributed by atoms with van der Waals surface area (Å²) >= 11 is 0. The average Bonchev–Trinajstić information content (AvgIpc) is 2.91. The number of hydrogen-bond donors (Lipinski definition) is 2. The topological polar surface area (TPSA) is 50.4 Å². The first-order chi connectivity index (χ1) is 10.1. The molecule has 1 aromatic rings. The molecule has 4 heteroatoms. The number of methoxy groups -OCH3 is 1. The number of urea groups is 1. The van der Waals surface area contributed by atoms with Crippen molar-refractivity contribution in [1.29, 1.82) is 0 Å². The van der Waals surface area contributed by atoms with Gasteiger partial charge in [0.25, 0.3) is 0 Å². The molecule has 0 spiro atoms. The van der Waals surface area contributed by atoms with E-state index in [9.17, 15) is 4.79 Å². The van der Waals surface area contributed by atoms with Gasteiger partial charge in [-0.1, -0.05) is 30.5 Å². The van der Waals surface area contributed by atoms with Gasteiger partial charge in [-0.2, -0.15) is 0 Å². The number of benzene rings is 1. The Morgan fingerprint density at radius 2 is 2.00 bits per heavy atom. The summed E-state index contributed by atoms with van der Waals surface area (Å²) in [6.45, 7) is 4.75. The van der Waals surface area contributed by atoms with E-state index in [4.69, 9.17) is 4.74 Å². The van der Waals surface area contributed by atoms with Gasteiger partial charge in [-0.05, 0) is 44.2 Å². The van der Waals surface area contributed by atoms with Crippen LogP contribution in [0.25, 0.3) is 0 Å². The molecular weight excluding hydrogens is 264 g/mol. The summed E-state index contributed by atoms with van der Waals surface area (Å²) in [7, 11) is 1.70. The van der Waals surface area contributed by atoms with Crippen LogP contribution < -0.4 is 15.4 Å². The van der Waals surface area contributed by atoms with Crippen molar-refractivity contribution in [3.05, 3.63) is 28.8 Å². The third-order valence-electron chi connectivity index (χ3n) is 4.07. The van der Waals surface area contributed by atoms with Crippen molar-refractivity contribution < 1.29 is 9.53 Å². The molecule has 2 rings (SSSR count). The van der Waals surface area contributed by atoms with Crippen LogP contribution in [0.4, 0.5) is 4.79 Å². The van der Waals surface area contributed by atoms with Gasteiger partial charge in [0.15, 0.2) is 0 Å². The van der Waals surface area contributed by atoms with Crippen LogP contribution in [0, 0.1) is 13.8 Å². The van der Waals surface area contributed by atoms with E-state index < -0.39 is 0 Å². The van der Waals surface area contributed by atoms with Crippen LogP contribution in [0.1, 0.15) is 42.4 Å². The van der Waals surface area contributed by atoms with Crippen molar-refractivity contribution in [1.82, 2.24) is 10.6 Å². The highest BCUT2D eigenvalue weighted by molar-refractivity contribution is 5.74. The normalized spacial score (nSPS) is 15.0. The molecule has 1 fully saturated rings. The van der Waals surface area contributed by atoms with Crippen molar-refractivity contribution >= 4 is 6.03 Å². The van der Waals surface area contributed by atoms with Crippen LogP contribution in [0.3, 0.4) is 0 Å². The maximum absolute atomic E-state index is 11.8. The highest BCUT2D eigenvalue weighted by Crippen LogP contribution is 2.25. The van der Waals surface area contributed by atoms with Crippen LogP contribution in [-0.2, 0) is 6.42 Å². The Balaban J connectivity index is 1.84. The predicted molar refractivity (Wildman–Crippen MR) is 85.0 cm³/mol. The van der Waals surface area contributed by atoms with Crippen LogP contribution in [0.2, 0.25) is 0 Å². The number of ether oxygens (including phenoxy) is 1. The summed E-state index contributed by atoms with van der Waals surface area (Å²) < 4.78 is 5.47. The fourth-order valence-electron chi connectivity index (χ4n) is 3.14. The van der Waals surface area contributed by atoms with Crippen molar-refractivity contribution in [3.8, 4) is 5.75 Å². The molecule has 1 aliphatic rings. The molecule has 1 aromatic carbocycles. The summed E-state index contributed by atoms with van der Waals surface area (Å²) in [5.74, 6) is 0.929. The van der Waals surface area contributed by atoms with Gasteiger partial charge in [0.05, 0.1) is 7.11 Å². The minimum Gasteiger partial charge on any atom is -0.496 e. The molecule has 0 aromatic heterocycles. The first-order valence-corrected chi connectivity index (χ1v) is 7.78. The van der Waals surface area contributed by atoms with E-state index in [1.165, 1.54) is 18.4 Å². The summed E-state index contributed by atoms with van der Waals surface area (Å²) in [5, 5.41) is 5.98. The molecule has 0 unspecified atom stereocenters. The van der Waals surface area contributed by atoms with Crippen molar-refractivity contribution in [2.24, 2.45) is 0 Å². The Kier molecular flexibility index (Phi) is 5.48. The monoisotopic (exact) mass is 290 g/mol. The molecule has 1 aliphatic carbocycles. The SMILES string of the molecule is COc1c(C)cc(C)cc1CCNC(=O)NC1CCCC1. The van der Waals surface area contributed by atoms with Crippen molar-refractivity contribution in [3.63, 3.8) is 0 Å². The summed E-state index contributed by atoms with van der Waals surface area (Å²) in [5.41, 5.74) is 3.51. The van der Waals surface area contributed by atoms with Crippen molar-refractivity contribution in [2.45, 2.75) is 52.0 Å². The molecule has 0 atom stereocenters. The summed E-state index contributed by atoms with van der Waals surface area (Å²) in [6.07, 6.45) is 5.45. The standard InChI is InChI=1S/C17H26N2O2/c1-12-10-13(2)16(21-3)14(11-12)8-9-18-17(20)19-15-6-4-5-7-15/h10-11,15H,4-9H2,1-3H3,(H2,18,19,20). The van der Waals surface area contributed by atoms with Crippen molar-refractivity contribution in [2.75, 3.05) is 13.7 Å². The van der Waals surface area contributed by atoms with Gasteiger partial charge in [0.1, 0.15) is 5.75 Å². The largest absolute Gasteiger partial charge is 0.496 e. The maximum atomic E-state index is 11.8. The summed E-state index contributed by atoms with van der Waals surface area (Å²) in [6, 6.07) is 4.55. The third-order valence-corrected chi connectivity index (χ3v) is 4.07. The Labute approximate surface area is 127 Å². The molecule has 1 saturated carbocycles. The first kappa shape index (κ1) is 15.7. The van der Waals surface area contributed by atoms with E-state index in [0.717, 1.165) is 36.1 Å². The Hall–Kier alpha value is -1.71. The van der Waals surface area contributed by atoms with E-state index >= 15 is 0 Å². The molecule has 0 radical (unpaired) electrons. The lowest BCUT2D eigenvalue weighted by atomic mass is 10.0. The second kappa shape index (κ2) is 7.34. The zero-order valence-corrected chi connectivity index (χ0v) is 13.3. The number of hydrogen-bond acceptors (Lipinski definition) is 2. The number of carbonyl (C=O) groups is 1. The second-order valence-electron chi connectivity index (χ2n) is 5.91. The number of amides is 2. The lowest BCUT2D eigenvalue weighted by Crippen LogP contribution is -2.41. The molecule has 0 bridgehead atoms. The van der Waals surface area contributed by atoms with E-state index in [1.807, 2.05) is 0 Å². The highest BCUT2D eigenvalue weighted by atomic mass is 16.5. The Bertz CT molecular complexity index is 494. The molecule has 0 aliphatic heterocycles. The van der Waals surface area contributed by atoms with Gasteiger partial charge in [-0.15, -0.1) is 0 Å². The average molecular weight is 290 g/mol. The first-order valence-electron chi connectivity index (χ1n) is 7.78. The second-order valence-corrected chi connectivity index (χ2v) is 5.91. The molecule has 21 heavy (non-hydrogen) atoms. The smallest absolute Gasteiger partial charge is 0.315 e. The fraction of sp³-hybridized carbons (Fsp3) is 0.588. The molecule has 116 valence electrons. The van der Waals surface area contributed by atoms with Gasteiger partial charge in [0, 0.05) is 12.6 Å². The molecule has 0 heterocycles.